The summed E-state index contributed by atoms with van der Waals surface area (Å²) in [6, 6.07) is 3.62. The van der Waals surface area contributed by atoms with Gasteiger partial charge in [0.05, 0.1) is 0 Å². The molecule has 0 fully saturated rings. The van der Waals surface area contributed by atoms with E-state index in [4.69, 9.17) is 11.6 Å². The van der Waals surface area contributed by atoms with Crippen LogP contribution in [0.25, 0.3) is 0 Å². The topological polar surface area (TPSA) is 20.2 Å². The third-order valence-electron chi connectivity index (χ3n) is 2.20. The highest BCUT2D eigenvalue weighted by Crippen LogP contribution is 2.31. The Labute approximate surface area is 84.4 Å². The van der Waals surface area contributed by atoms with Crippen LogP contribution in [0.2, 0.25) is 5.02 Å². The lowest BCUT2D eigenvalue weighted by Crippen LogP contribution is -1.91. The van der Waals surface area contributed by atoms with E-state index in [2.05, 4.69) is 13.8 Å². The molecular weight excluding hydrogens is 184 g/mol. The van der Waals surface area contributed by atoms with E-state index in [1.807, 2.05) is 13.0 Å². The largest absolute Gasteiger partial charge is 0.508 e. The minimum Gasteiger partial charge on any atom is -0.508 e. The number of rotatable bonds is 2. The van der Waals surface area contributed by atoms with Crippen LogP contribution in [-0.4, -0.2) is 5.11 Å². The SMILES string of the molecule is CCc1cc(Cl)c(C(C)C)cc1O. The predicted octanol–water partition coefficient (Wildman–Crippen LogP) is 3.73. The quantitative estimate of drug-likeness (QED) is 0.768. The standard InChI is InChI=1S/C11H15ClO/c1-4-8-5-10(12)9(7(2)3)6-11(8)13/h5-7,13H,4H2,1-3H3. The summed E-state index contributed by atoms with van der Waals surface area (Å²) >= 11 is 6.06. The first-order valence-electron chi connectivity index (χ1n) is 4.57. The summed E-state index contributed by atoms with van der Waals surface area (Å²) in [4.78, 5) is 0. The second kappa shape index (κ2) is 4.01. The number of aryl methyl sites for hydroxylation is 1. The van der Waals surface area contributed by atoms with Crippen LogP contribution in [0.1, 0.15) is 37.8 Å². The van der Waals surface area contributed by atoms with Crippen LogP contribution in [0, 0.1) is 0 Å². The van der Waals surface area contributed by atoms with Crippen molar-refractivity contribution in [3.05, 3.63) is 28.3 Å². The fraction of sp³-hybridized carbons (Fsp3) is 0.455. The molecule has 0 atom stereocenters. The van der Waals surface area contributed by atoms with E-state index in [1.165, 1.54) is 0 Å². The molecule has 0 aromatic heterocycles. The van der Waals surface area contributed by atoms with Crippen molar-refractivity contribution in [1.29, 1.82) is 0 Å². The molecule has 0 bridgehead atoms. The van der Waals surface area contributed by atoms with Gasteiger partial charge in [0.1, 0.15) is 5.75 Å². The van der Waals surface area contributed by atoms with Gasteiger partial charge in [0.15, 0.2) is 0 Å². The number of halogens is 1. The molecule has 0 aliphatic rings. The van der Waals surface area contributed by atoms with E-state index in [-0.39, 0.29) is 0 Å². The number of hydrogen-bond donors (Lipinski definition) is 1. The van der Waals surface area contributed by atoms with Gasteiger partial charge in [-0.05, 0) is 35.6 Å². The maximum atomic E-state index is 9.61. The molecule has 0 spiro atoms. The molecule has 13 heavy (non-hydrogen) atoms. The van der Waals surface area contributed by atoms with Crippen LogP contribution < -0.4 is 0 Å². The van der Waals surface area contributed by atoms with Gasteiger partial charge in [-0.2, -0.15) is 0 Å². The van der Waals surface area contributed by atoms with E-state index in [0.717, 1.165) is 22.6 Å². The molecular formula is C11H15ClO. The van der Waals surface area contributed by atoms with Gasteiger partial charge in [-0.25, -0.2) is 0 Å². The molecule has 0 heterocycles. The van der Waals surface area contributed by atoms with Crippen LogP contribution in [-0.2, 0) is 6.42 Å². The third-order valence-corrected chi connectivity index (χ3v) is 2.53. The fourth-order valence-corrected chi connectivity index (χ4v) is 1.75. The van der Waals surface area contributed by atoms with Gasteiger partial charge in [-0.1, -0.05) is 32.4 Å². The number of benzene rings is 1. The van der Waals surface area contributed by atoms with E-state index < -0.39 is 0 Å². The summed E-state index contributed by atoms with van der Waals surface area (Å²) < 4.78 is 0. The van der Waals surface area contributed by atoms with Crippen molar-refractivity contribution in [3.8, 4) is 5.75 Å². The van der Waals surface area contributed by atoms with E-state index in [1.54, 1.807) is 6.07 Å². The summed E-state index contributed by atoms with van der Waals surface area (Å²) in [5.41, 5.74) is 1.92. The lowest BCUT2D eigenvalue weighted by Gasteiger charge is -2.11. The lowest BCUT2D eigenvalue weighted by atomic mass is 10.00. The van der Waals surface area contributed by atoms with Crippen molar-refractivity contribution in [2.24, 2.45) is 0 Å². The van der Waals surface area contributed by atoms with Crippen LogP contribution in [0.3, 0.4) is 0 Å². The fourth-order valence-electron chi connectivity index (χ4n) is 1.34. The van der Waals surface area contributed by atoms with Crippen molar-refractivity contribution >= 4 is 11.6 Å². The molecule has 0 unspecified atom stereocenters. The lowest BCUT2D eigenvalue weighted by molar-refractivity contribution is 0.467. The van der Waals surface area contributed by atoms with Gasteiger partial charge >= 0.3 is 0 Å². The zero-order valence-corrected chi connectivity index (χ0v) is 9.02. The van der Waals surface area contributed by atoms with Crippen molar-refractivity contribution < 1.29 is 5.11 Å². The highest BCUT2D eigenvalue weighted by Gasteiger charge is 2.09. The molecule has 1 aromatic carbocycles. The summed E-state index contributed by atoms with van der Waals surface area (Å²) in [5.74, 6) is 0.708. The van der Waals surface area contributed by atoms with Gasteiger partial charge < -0.3 is 5.11 Å². The maximum Gasteiger partial charge on any atom is 0.119 e. The number of hydrogen-bond acceptors (Lipinski definition) is 1. The monoisotopic (exact) mass is 198 g/mol. The molecule has 1 N–H and O–H groups in total. The molecule has 2 heteroatoms. The molecule has 72 valence electrons. The Morgan fingerprint density at radius 2 is 2.00 bits per heavy atom. The highest BCUT2D eigenvalue weighted by atomic mass is 35.5. The zero-order valence-electron chi connectivity index (χ0n) is 8.26. The normalized spacial score (nSPS) is 10.8. The van der Waals surface area contributed by atoms with Gasteiger partial charge in [0.25, 0.3) is 0 Å². The van der Waals surface area contributed by atoms with E-state index >= 15 is 0 Å². The Balaban J connectivity index is 3.20. The predicted molar refractivity (Wildman–Crippen MR) is 56.6 cm³/mol. The van der Waals surface area contributed by atoms with Gasteiger partial charge in [-0.15, -0.1) is 0 Å². The average molecular weight is 199 g/mol. The van der Waals surface area contributed by atoms with Crippen LogP contribution >= 0.6 is 11.6 Å². The second-order valence-electron chi connectivity index (χ2n) is 3.51. The molecule has 0 radical (unpaired) electrons. The van der Waals surface area contributed by atoms with Crippen LogP contribution in [0.15, 0.2) is 12.1 Å². The summed E-state index contributed by atoms with van der Waals surface area (Å²) in [6.45, 7) is 6.12. The van der Waals surface area contributed by atoms with Gasteiger partial charge in [0, 0.05) is 5.02 Å². The Hall–Kier alpha value is -0.690. The molecule has 0 saturated heterocycles. The maximum absolute atomic E-state index is 9.61. The third kappa shape index (κ3) is 2.16. The van der Waals surface area contributed by atoms with Gasteiger partial charge in [0.2, 0.25) is 0 Å². The summed E-state index contributed by atoms with van der Waals surface area (Å²) in [5, 5.41) is 10.4. The molecule has 1 rings (SSSR count). The Morgan fingerprint density at radius 1 is 1.38 bits per heavy atom. The Morgan fingerprint density at radius 3 is 2.46 bits per heavy atom. The van der Waals surface area contributed by atoms with E-state index in [0.29, 0.717) is 11.7 Å². The van der Waals surface area contributed by atoms with E-state index in [9.17, 15) is 5.11 Å². The highest BCUT2D eigenvalue weighted by molar-refractivity contribution is 6.31. The molecule has 0 amide bonds. The second-order valence-corrected chi connectivity index (χ2v) is 3.92. The Bertz CT molecular complexity index is 305. The van der Waals surface area contributed by atoms with Crippen molar-refractivity contribution in [2.45, 2.75) is 33.1 Å². The first-order valence-corrected chi connectivity index (χ1v) is 4.95. The number of phenols is 1. The zero-order chi connectivity index (χ0) is 10.0. The molecule has 1 aromatic rings. The minimum absolute atomic E-state index is 0.351. The van der Waals surface area contributed by atoms with Crippen molar-refractivity contribution in [1.82, 2.24) is 0 Å². The average Bonchev–Trinajstić information content (AvgIpc) is 2.07. The van der Waals surface area contributed by atoms with Crippen molar-refractivity contribution in [2.75, 3.05) is 0 Å². The summed E-state index contributed by atoms with van der Waals surface area (Å²) in [7, 11) is 0. The smallest absolute Gasteiger partial charge is 0.119 e. The number of aromatic hydroxyl groups is 1. The Kier molecular flexibility index (Phi) is 3.21. The first-order chi connectivity index (χ1) is 6.06. The van der Waals surface area contributed by atoms with Crippen LogP contribution in [0.5, 0.6) is 5.75 Å². The number of phenolic OH excluding ortho intramolecular Hbond substituents is 1. The minimum atomic E-state index is 0.351. The van der Waals surface area contributed by atoms with Crippen molar-refractivity contribution in [3.63, 3.8) is 0 Å². The molecule has 1 nitrogen and oxygen atoms in total. The molecule has 0 aliphatic heterocycles. The van der Waals surface area contributed by atoms with Gasteiger partial charge in [-0.3, -0.25) is 0 Å². The van der Waals surface area contributed by atoms with Crippen LogP contribution in [0.4, 0.5) is 0 Å². The molecule has 0 aliphatic carbocycles. The summed E-state index contributed by atoms with van der Waals surface area (Å²) in [6.07, 6.45) is 0.809. The first kappa shape index (κ1) is 10.4. The molecule has 0 saturated carbocycles.